The number of rotatable bonds is 4. The van der Waals surface area contributed by atoms with Crippen molar-refractivity contribution in [1.82, 2.24) is 9.88 Å². The first kappa shape index (κ1) is 17.4. The van der Waals surface area contributed by atoms with Gasteiger partial charge >= 0.3 is 0 Å². The normalized spacial score (nSPS) is 20.4. The first-order valence-corrected chi connectivity index (χ1v) is 8.40. The molecule has 132 valence electrons. The van der Waals surface area contributed by atoms with Crippen LogP contribution in [0.15, 0.2) is 42.6 Å². The van der Waals surface area contributed by atoms with Crippen LogP contribution in [-0.2, 0) is 11.3 Å². The Kier molecular flexibility index (Phi) is 5.28. The number of aromatic nitrogens is 1. The lowest BCUT2D eigenvalue weighted by molar-refractivity contribution is -0.0586. The lowest BCUT2D eigenvalue weighted by atomic mass is 10.1. The molecule has 1 amide bonds. The lowest BCUT2D eigenvalue weighted by Gasteiger charge is -2.35. The fourth-order valence-electron chi connectivity index (χ4n) is 2.96. The second-order valence-corrected chi connectivity index (χ2v) is 6.38. The molecule has 1 aromatic heterocycles. The van der Waals surface area contributed by atoms with E-state index in [9.17, 15) is 9.18 Å². The van der Waals surface area contributed by atoms with Crippen LogP contribution in [0, 0.1) is 5.82 Å². The van der Waals surface area contributed by atoms with Crippen molar-refractivity contribution in [3.63, 3.8) is 0 Å². The summed E-state index contributed by atoms with van der Waals surface area (Å²) in [6.07, 6.45) is 1.28. The number of anilines is 1. The molecule has 3 rings (SSSR count). The minimum atomic E-state index is -0.361. The summed E-state index contributed by atoms with van der Waals surface area (Å²) in [4.78, 5) is 18.4. The monoisotopic (exact) mass is 343 g/mol. The number of benzene rings is 1. The van der Waals surface area contributed by atoms with Crippen LogP contribution < -0.4 is 5.32 Å². The van der Waals surface area contributed by atoms with Crippen LogP contribution in [-0.4, -0.2) is 41.1 Å². The van der Waals surface area contributed by atoms with Gasteiger partial charge in [-0.05, 0) is 43.7 Å². The predicted molar refractivity (Wildman–Crippen MR) is 93.9 cm³/mol. The third-order valence-corrected chi connectivity index (χ3v) is 4.11. The summed E-state index contributed by atoms with van der Waals surface area (Å²) in [7, 11) is 0. The number of nitrogens with zero attached hydrogens (tertiary/aromatic N) is 2. The molecule has 1 aliphatic heterocycles. The van der Waals surface area contributed by atoms with Crippen molar-refractivity contribution in [2.75, 3.05) is 18.4 Å². The topological polar surface area (TPSA) is 54.5 Å². The Labute approximate surface area is 146 Å². The zero-order chi connectivity index (χ0) is 17.8. The Morgan fingerprint density at radius 2 is 1.88 bits per heavy atom. The number of amides is 1. The molecule has 1 fully saturated rings. The molecule has 0 saturated carbocycles. The number of carbonyl (C=O) groups excluding carboxylic acids is 1. The maximum absolute atomic E-state index is 12.8. The molecule has 5 nitrogen and oxygen atoms in total. The minimum Gasteiger partial charge on any atom is -0.372 e. The molecule has 6 heteroatoms. The molecular formula is C19H22FN3O2. The van der Waals surface area contributed by atoms with Gasteiger partial charge in [0.25, 0.3) is 5.91 Å². The van der Waals surface area contributed by atoms with Crippen LogP contribution in [0.5, 0.6) is 0 Å². The molecule has 0 spiro atoms. The van der Waals surface area contributed by atoms with Crippen molar-refractivity contribution in [1.29, 1.82) is 0 Å². The van der Waals surface area contributed by atoms with E-state index in [4.69, 9.17) is 4.74 Å². The molecule has 1 N–H and O–H groups in total. The van der Waals surface area contributed by atoms with E-state index in [1.54, 1.807) is 6.07 Å². The molecule has 0 radical (unpaired) electrons. The Hall–Kier alpha value is -2.47. The highest BCUT2D eigenvalue weighted by molar-refractivity contribution is 5.94. The van der Waals surface area contributed by atoms with Crippen molar-refractivity contribution in [3.05, 3.63) is 59.5 Å². The van der Waals surface area contributed by atoms with Gasteiger partial charge in [0.15, 0.2) is 0 Å². The van der Waals surface area contributed by atoms with Gasteiger partial charge in [-0.3, -0.25) is 4.79 Å². The number of hydrogen-bond donors (Lipinski definition) is 1. The fraction of sp³-hybridized carbons (Fsp3) is 0.368. The number of morpholine rings is 1. The van der Waals surface area contributed by atoms with E-state index in [0.29, 0.717) is 31.0 Å². The molecule has 1 saturated heterocycles. The zero-order valence-corrected chi connectivity index (χ0v) is 14.4. The smallest absolute Gasteiger partial charge is 0.254 e. The standard InChI is InChI=1S/C19H22FN3O2/c1-13-11-23(12-14(2)25-13)19(24)16-5-3-15(4-6-16)9-21-18-8-7-17(20)10-22-18/h3-8,10,13-14H,9,11-12H2,1-2H3,(H,21,22)/t13-,14-/m1/s1. The highest BCUT2D eigenvalue weighted by Gasteiger charge is 2.26. The Balaban J connectivity index is 1.59. The van der Waals surface area contributed by atoms with Crippen molar-refractivity contribution in [3.8, 4) is 0 Å². The number of pyridine rings is 1. The van der Waals surface area contributed by atoms with Gasteiger partial charge in [-0.1, -0.05) is 12.1 Å². The molecule has 0 unspecified atom stereocenters. The predicted octanol–water partition coefficient (Wildman–Crippen LogP) is 3.08. The van der Waals surface area contributed by atoms with E-state index >= 15 is 0 Å². The molecule has 0 aliphatic carbocycles. The third kappa shape index (κ3) is 4.54. The van der Waals surface area contributed by atoms with E-state index in [2.05, 4.69) is 10.3 Å². The number of carbonyl (C=O) groups is 1. The number of hydrogen-bond acceptors (Lipinski definition) is 4. The van der Waals surface area contributed by atoms with Gasteiger partial charge in [0.05, 0.1) is 18.4 Å². The lowest BCUT2D eigenvalue weighted by Crippen LogP contribution is -2.48. The molecule has 2 aromatic rings. The van der Waals surface area contributed by atoms with E-state index in [1.165, 1.54) is 12.3 Å². The summed E-state index contributed by atoms with van der Waals surface area (Å²) >= 11 is 0. The summed E-state index contributed by atoms with van der Waals surface area (Å²) in [5.41, 5.74) is 1.69. The van der Waals surface area contributed by atoms with Crippen molar-refractivity contribution in [2.24, 2.45) is 0 Å². The van der Waals surface area contributed by atoms with Gasteiger partial charge in [0.2, 0.25) is 0 Å². The molecule has 0 bridgehead atoms. The molecule has 1 aromatic carbocycles. The van der Waals surface area contributed by atoms with Gasteiger partial charge in [-0.25, -0.2) is 9.37 Å². The summed E-state index contributed by atoms with van der Waals surface area (Å²) in [6, 6.07) is 10.5. The molecule has 2 heterocycles. The van der Waals surface area contributed by atoms with Gasteiger partial charge in [0.1, 0.15) is 11.6 Å². The second kappa shape index (κ2) is 7.61. The Bertz CT molecular complexity index is 708. The largest absolute Gasteiger partial charge is 0.372 e. The van der Waals surface area contributed by atoms with E-state index in [-0.39, 0.29) is 23.9 Å². The zero-order valence-electron chi connectivity index (χ0n) is 14.4. The van der Waals surface area contributed by atoms with Crippen LogP contribution in [0.1, 0.15) is 29.8 Å². The molecule has 25 heavy (non-hydrogen) atoms. The van der Waals surface area contributed by atoms with Gasteiger partial charge in [0, 0.05) is 25.2 Å². The first-order valence-electron chi connectivity index (χ1n) is 8.40. The van der Waals surface area contributed by atoms with Gasteiger partial charge < -0.3 is 15.0 Å². The molecule has 2 atom stereocenters. The van der Waals surface area contributed by atoms with Gasteiger partial charge in [-0.2, -0.15) is 0 Å². The van der Waals surface area contributed by atoms with E-state index in [1.807, 2.05) is 43.0 Å². The quantitative estimate of drug-likeness (QED) is 0.927. The molecular weight excluding hydrogens is 321 g/mol. The van der Waals surface area contributed by atoms with Crippen molar-refractivity contribution < 1.29 is 13.9 Å². The summed E-state index contributed by atoms with van der Waals surface area (Å²) in [5.74, 6) is 0.278. The van der Waals surface area contributed by atoms with Crippen LogP contribution in [0.2, 0.25) is 0 Å². The number of halogens is 1. The Morgan fingerprint density at radius 1 is 1.20 bits per heavy atom. The number of ether oxygens (including phenoxy) is 1. The minimum absolute atomic E-state index is 0.0294. The number of nitrogens with one attached hydrogen (secondary N) is 1. The average molecular weight is 343 g/mol. The van der Waals surface area contributed by atoms with Crippen LogP contribution in [0.25, 0.3) is 0 Å². The fourth-order valence-corrected chi connectivity index (χ4v) is 2.96. The first-order chi connectivity index (χ1) is 12.0. The summed E-state index contributed by atoms with van der Waals surface area (Å²) in [6.45, 7) is 5.74. The van der Waals surface area contributed by atoms with Gasteiger partial charge in [-0.15, -0.1) is 0 Å². The second-order valence-electron chi connectivity index (χ2n) is 6.38. The maximum atomic E-state index is 12.8. The van der Waals surface area contributed by atoms with Crippen LogP contribution >= 0.6 is 0 Å². The highest BCUT2D eigenvalue weighted by Crippen LogP contribution is 2.15. The summed E-state index contributed by atoms with van der Waals surface area (Å²) < 4.78 is 18.5. The summed E-state index contributed by atoms with van der Waals surface area (Å²) in [5, 5.41) is 3.12. The van der Waals surface area contributed by atoms with Crippen LogP contribution in [0.4, 0.5) is 10.2 Å². The van der Waals surface area contributed by atoms with E-state index < -0.39 is 0 Å². The van der Waals surface area contributed by atoms with Crippen molar-refractivity contribution in [2.45, 2.75) is 32.6 Å². The van der Waals surface area contributed by atoms with E-state index in [0.717, 1.165) is 5.56 Å². The Morgan fingerprint density at radius 3 is 2.48 bits per heavy atom. The maximum Gasteiger partial charge on any atom is 0.254 e. The SMILES string of the molecule is C[C@@H]1CN(C(=O)c2ccc(CNc3ccc(F)cn3)cc2)C[C@@H](C)O1. The average Bonchev–Trinajstić information content (AvgIpc) is 2.60. The van der Waals surface area contributed by atoms with Crippen molar-refractivity contribution >= 4 is 11.7 Å². The third-order valence-electron chi connectivity index (χ3n) is 4.11. The van der Waals surface area contributed by atoms with Crippen LogP contribution in [0.3, 0.4) is 0 Å². The highest BCUT2D eigenvalue weighted by atomic mass is 19.1. The molecule has 1 aliphatic rings.